The zero-order valence-electron chi connectivity index (χ0n) is 12.6. The third-order valence-corrected chi connectivity index (χ3v) is 4.11. The van der Waals surface area contributed by atoms with E-state index in [1.54, 1.807) is 6.26 Å². The van der Waals surface area contributed by atoms with E-state index in [1.165, 1.54) is 0 Å². The number of carbonyl (C=O) groups is 1. The van der Waals surface area contributed by atoms with Crippen molar-refractivity contribution in [3.8, 4) is 0 Å². The summed E-state index contributed by atoms with van der Waals surface area (Å²) in [7, 11) is -0.783. The highest BCUT2D eigenvalue weighted by atomic mass is 32.2. The van der Waals surface area contributed by atoms with Crippen molar-refractivity contribution in [1.29, 1.82) is 0 Å². The summed E-state index contributed by atoms with van der Waals surface area (Å²) in [5.74, 6) is 1.32. The van der Waals surface area contributed by atoms with Crippen LogP contribution in [0.1, 0.15) is 52.4 Å². The Labute approximate surface area is 120 Å². The van der Waals surface area contributed by atoms with E-state index in [1.807, 2.05) is 6.92 Å². The van der Waals surface area contributed by atoms with Gasteiger partial charge in [-0.25, -0.2) is 0 Å². The van der Waals surface area contributed by atoms with Crippen molar-refractivity contribution < 1.29 is 9.00 Å². The number of nitrogens with one attached hydrogen (secondary N) is 1. The number of nitrogens with two attached hydrogens (primary N) is 1. The minimum Gasteiger partial charge on any atom is -0.354 e. The maximum Gasteiger partial charge on any atom is 0.220 e. The monoisotopic (exact) mass is 290 g/mol. The van der Waals surface area contributed by atoms with Crippen LogP contribution < -0.4 is 11.1 Å². The Morgan fingerprint density at radius 1 is 1.26 bits per heavy atom. The van der Waals surface area contributed by atoms with Gasteiger partial charge in [0.15, 0.2) is 0 Å². The first-order valence-electron chi connectivity index (χ1n) is 7.29. The summed E-state index contributed by atoms with van der Waals surface area (Å²) in [5, 5.41) is 2.97. The van der Waals surface area contributed by atoms with E-state index in [0.29, 0.717) is 24.6 Å². The first-order chi connectivity index (χ1) is 8.99. The van der Waals surface area contributed by atoms with Crippen molar-refractivity contribution in [1.82, 2.24) is 5.32 Å². The zero-order valence-corrected chi connectivity index (χ0v) is 13.4. The molecule has 0 aromatic heterocycles. The predicted octanol–water partition coefficient (Wildman–Crippen LogP) is 1.80. The van der Waals surface area contributed by atoms with Crippen LogP contribution in [-0.4, -0.2) is 34.7 Å². The Morgan fingerprint density at radius 2 is 1.95 bits per heavy atom. The molecule has 0 aromatic carbocycles. The Kier molecular flexibility index (Phi) is 11.2. The number of rotatable bonds is 11. The summed E-state index contributed by atoms with van der Waals surface area (Å²) < 4.78 is 11.0. The molecule has 4 nitrogen and oxygen atoms in total. The van der Waals surface area contributed by atoms with Crippen molar-refractivity contribution in [2.24, 2.45) is 11.7 Å². The van der Waals surface area contributed by atoms with Crippen LogP contribution in [0, 0.1) is 5.92 Å². The quantitative estimate of drug-likeness (QED) is 0.609. The van der Waals surface area contributed by atoms with Gasteiger partial charge in [0.05, 0.1) is 0 Å². The Balaban J connectivity index is 3.85. The van der Waals surface area contributed by atoms with Gasteiger partial charge in [0.2, 0.25) is 5.91 Å². The van der Waals surface area contributed by atoms with Crippen molar-refractivity contribution in [2.45, 2.75) is 58.4 Å². The molecular formula is C14H30N2O2S. The molecule has 1 amide bonds. The lowest BCUT2D eigenvalue weighted by Gasteiger charge is -2.17. The van der Waals surface area contributed by atoms with Crippen LogP contribution in [-0.2, 0) is 15.6 Å². The molecule has 19 heavy (non-hydrogen) atoms. The van der Waals surface area contributed by atoms with Crippen LogP contribution in [0.5, 0.6) is 0 Å². The van der Waals surface area contributed by atoms with E-state index in [2.05, 4.69) is 12.2 Å². The summed E-state index contributed by atoms with van der Waals surface area (Å²) in [6, 6.07) is 0.107. The molecule has 3 atom stereocenters. The standard InChI is InChI=1S/C14H30N2O2S/c1-4-5-13(8-10-15)6-7-14(17)16-12(2)9-11-19(3)18/h12-13H,4-11,15H2,1-3H3,(H,16,17). The molecule has 0 fully saturated rings. The Hall–Kier alpha value is -0.420. The van der Waals surface area contributed by atoms with E-state index in [-0.39, 0.29) is 11.9 Å². The van der Waals surface area contributed by atoms with Gasteiger partial charge in [0.25, 0.3) is 0 Å². The molecule has 0 saturated heterocycles. The van der Waals surface area contributed by atoms with E-state index in [9.17, 15) is 9.00 Å². The second-order valence-corrected chi connectivity index (χ2v) is 6.86. The minimum atomic E-state index is -0.783. The molecule has 0 heterocycles. The van der Waals surface area contributed by atoms with E-state index in [4.69, 9.17) is 5.73 Å². The summed E-state index contributed by atoms with van der Waals surface area (Å²) in [6.45, 7) is 4.83. The molecular weight excluding hydrogens is 260 g/mol. The van der Waals surface area contributed by atoms with Crippen molar-refractivity contribution in [3.05, 3.63) is 0 Å². The second kappa shape index (κ2) is 11.4. The molecule has 0 rings (SSSR count). The molecule has 0 spiro atoms. The highest BCUT2D eigenvalue weighted by Gasteiger charge is 2.12. The lowest BCUT2D eigenvalue weighted by atomic mass is 9.94. The minimum absolute atomic E-state index is 0.104. The molecule has 3 N–H and O–H groups in total. The molecule has 0 bridgehead atoms. The smallest absolute Gasteiger partial charge is 0.220 e. The fourth-order valence-electron chi connectivity index (χ4n) is 2.17. The first-order valence-corrected chi connectivity index (χ1v) is 9.01. The first kappa shape index (κ1) is 18.6. The molecule has 0 aromatic rings. The Bertz CT molecular complexity index is 266. The molecule has 5 heteroatoms. The van der Waals surface area contributed by atoms with Gasteiger partial charge in [-0.3, -0.25) is 9.00 Å². The number of hydrogen-bond acceptors (Lipinski definition) is 3. The highest BCUT2D eigenvalue weighted by molar-refractivity contribution is 7.84. The van der Waals surface area contributed by atoms with E-state index in [0.717, 1.165) is 32.1 Å². The molecule has 3 unspecified atom stereocenters. The van der Waals surface area contributed by atoms with Gasteiger partial charge < -0.3 is 11.1 Å². The molecule has 0 aliphatic carbocycles. The largest absolute Gasteiger partial charge is 0.354 e. The number of amides is 1. The van der Waals surface area contributed by atoms with Crippen LogP contribution in [0.15, 0.2) is 0 Å². The van der Waals surface area contributed by atoms with E-state index >= 15 is 0 Å². The van der Waals surface area contributed by atoms with Crippen molar-refractivity contribution in [3.63, 3.8) is 0 Å². The third-order valence-electron chi connectivity index (χ3n) is 3.30. The topological polar surface area (TPSA) is 72.2 Å². The summed E-state index contributed by atoms with van der Waals surface area (Å²) in [4.78, 5) is 11.8. The maximum absolute atomic E-state index is 11.8. The summed E-state index contributed by atoms with van der Waals surface area (Å²) >= 11 is 0. The van der Waals surface area contributed by atoms with Crippen LogP contribution in [0.4, 0.5) is 0 Å². The van der Waals surface area contributed by atoms with Crippen LogP contribution in [0.25, 0.3) is 0 Å². The third kappa shape index (κ3) is 11.1. The van der Waals surface area contributed by atoms with E-state index < -0.39 is 10.8 Å². The Morgan fingerprint density at radius 3 is 2.47 bits per heavy atom. The zero-order chi connectivity index (χ0) is 14.7. The molecule has 0 radical (unpaired) electrons. The number of carbonyl (C=O) groups excluding carboxylic acids is 1. The normalized spacial score (nSPS) is 15.8. The van der Waals surface area contributed by atoms with Crippen LogP contribution >= 0.6 is 0 Å². The van der Waals surface area contributed by atoms with Gasteiger partial charge in [0, 0.05) is 35.3 Å². The van der Waals surface area contributed by atoms with Gasteiger partial charge >= 0.3 is 0 Å². The van der Waals surface area contributed by atoms with Gasteiger partial charge in [-0.05, 0) is 38.6 Å². The average molecular weight is 290 g/mol. The molecule has 0 aliphatic heterocycles. The van der Waals surface area contributed by atoms with Gasteiger partial charge in [-0.2, -0.15) is 0 Å². The van der Waals surface area contributed by atoms with Crippen molar-refractivity contribution in [2.75, 3.05) is 18.6 Å². The number of hydrogen-bond donors (Lipinski definition) is 2. The van der Waals surface area contributed by atoms with Gasteiger partial charge in [-0.15, -0.1) is 0 Å². The fourth-order valence-corrected chi connectivity index (χ4v) is 2.86. The van der Waals surface area contributed by atoms with Gasteiger partial charge in [0.1, 0.15) is 0 Å². The second-order valence-electron chi connectivity index (χ2n) is 5.31. The molecule has 0 saturated carbocycles. The molecule has 0 aliphatic rings. The maximum atomic E-state index is 11.8. The molecule has 114 valence electrons. The van der Waals surface area contributed by atoms with Crippen LogP contribution in [0.2, 0.25) is 0 Å². The predicted molar refractivity (Wildman–Crippen MR) is 82.5 cm³/mol. The summed E-state index contributed by atoms with van der Waals surface area (Å²) in [6.07, 6.45) is 7.26. The van der Waals surface area contributed by atoms with Crippen molar-refractivity contribution >= 4 is 16.7 Å². The fraction of sp³-hybridized carbons (Fsp3) is 0.929. The average Bonchev–Trinajstić information content (AvgIpc) is 2.34. The highest BCUT2D eigenvalue weighted by Crippen LogP contribution is 2.16. The van der Waals surface area contributed by atoms with Crippen LogP contribution in [0.3, 0.4) is 0 Å². The lowest BCUT2D eigenvalue weighted by molar-refractivity contribution is -0.122. The SMILES string of the molecule is CCCC(CCN)CCC(=O)NC(C)CCS(C)=O. The lowest BCUT2D eigenvalue weighted by Crippen LogP contribution is -2.33. The van der Waals surface area contributed by atoms with Gasteiger partial charge in [-0.1, -0.05) is 19.8 Å². The summed E-state index contributed by atoms with van der Waals surface area (Å²) in [5.41, 5.74) is 5.59.